The summed E-state index contributed by atoms with van der Waals surface area (Å²) in [7, 11) is 0. The lowest BCUT2D eigenvalue weighted by Crippen LogP contribution is -2.39. The number of aromatic nitrogens is 2. The van der Waals surface area contributed by atoms with Crippen LogP contribution >= 0.6 is 0 Å². The first kappa shape index (κ1) is 11.9. The van der Waals surface area contributed by atoms with Crippen molar-refractivity contribution in [1.29, 1.82) is 0 Å². The summed E-state index contributed by atoms with van der Waals surface area (Å²) in [5.41, 5.74) is 6.08. The van der Waals surface area contributed by atoms with Crippen LogP contribution in [0.1, 0.15) is 12.8 Å². The average molecular weight is 246 g/mol. The smallest absolute Gasteiger partial charge is 0.391 e. The molecule has 0 amide bonds. The Morgan fingerprint density at radius 3 is 2.47 bits per heavy atom. The van der Waals surface area contributed by atoms with Gasteiger partial charge in [0.05, 0.1) is 17.8 Å². The first-order chi connectivity index (χ1) is 7.98. The molecule has 0 atom stereocenters. The van der Waals surface area contributed by atoms with Gasteiger partial charge in [-0.2, -0.15) is 13.2 Å². The highest BCUT2D eigenvalue weighted by Crippen LogP contribution is 2.35. The maximum atomic E-state index is 12.5. The molecule has 1 aromatic heterocycles. The Hall–Kier alpha value is -1.53. The van der Waals surface area contributed by atoms with Crippen molar-refractivity contribution in [3.05, 3.63) is 12.5 Å². The Bertz CT molecular complexity index is 385. The summed E-state index contributed by atoms with van der Waals surface area (Å²) in [5, 5.41) is 0. The molecule has 2 N–H and O–H groups in total. The second-order valence-electron chi connectivity index (χ2n) is 4.10. The Labute approximate surface area is 96.7 Å². The number of alkyl halides is 3. The van der Waals surface area contributed by atoms with Crippen LogP contribution in [0.3, 0.4) is 0 Å². The standard InChI is InChI=1S/C10H13F3N4/c11-10(12,13)7-1-3-17(4-2-7)9-8(14)5-15-6-16-9/h5-7H,1-4,14H2. The third kappa shape index (κ3) is 2.59. The topological polar surface area (TPSA) is 55.0 Å². The summed E-state index contributed by atoms with van der Waals surface area (Å²) in [6.45, 7) is 0.650. The lowest BCUT2D eigenvalue weighted by molar-refractivity contribution is -0.179. The average Bonchev–Trinajstić information content (AvgIpc) is 2.29. The van der Waals surface area contributed by atoms with Crippen molar-refractivity contribution in [1.82, 2.24) is 9.97 Å². The van der Waals surface area contributed by atoms with E-state index in [0.717, 1.165) is 0 Å². The van der Waals surface area contributed by atoms with Crippen LogP contribution in [0.15, 0.2) is 12.5 Å². The number of rotatable bonds is 1. The number of nitrogens with two attached hydrogens (primary N) is 1. The van der Waals surface area contributed by atoms with Gasteiger partial charge in [-0.25, -0.2) is 9.97 Å². The van der Waals surface area contributed by atoms with E-state index in [1.54, 1.807) is 4.90 Å². The molecule has 0 spiro atoms. The number of nitrogens with zero attached hydrogens (tertiary/aromatic N) is 3. The lowest BCUT2D eigenvalue weighted by Gasteiger charge is -2.33. The normalized spacial score (nSPS) is 18.4. The van der Waals surface area contributed by atoms with E-state index in [1.165, 1.54) is 12.5 Å². The molecule has 17 heavy (non-hydrogen) atoms. The Morgan fingerprint density at radius 1 is 1.29 bits per heavy atom. The number of anilines is 2. The molecule has 0 bridgehead atoms. The highest BCUT2D eigenvalue weighted by Gasteiger charge is 2.41. The Morgan fingerprint density at radius 2 is 1.94 bits per heavy atom. The predicted molar refractivity (Wildman–Crippen MR) is 57.4 cm³/mol. The van der Waals surface area contributed by atoms with Crippen LogP contribution in [-0.2, 0) is 0 Å². The van der Waals surface area contributed by atoms with Gasteiger partial charge in [0.25, 0.3) is 0 Å². The maximum Gasteiger partial charge on any atom is 0.391 e. The molecule has 1 fully saturated rings. The Balaban J connectivity index is 2.03. The zero-order valence-electron chi connectivity index (χ0n) is 9.11. The summed E-state index contributed by atoms with van der Waals surface area (Å²) in [5.74, 6) is -0.678. The third-order valence-corrected chi connectivity index (χ3v) is 2.98. The fourth-order valence-corrected chi connectivity index (χ4v) is 2.02. The number of piperidine rings is 1. The van der Waals surface area contributed by atoms with Gasteiger partial charge in [0, 0.05) is 13.1 Å². The van der Waals surface area contributed by atoms with E-state index in [2.05, 4.69) is 9.97 Å². The molecule has 1 saturated heterocycles. The number of nitrogen functional groups attached to an aromatic ring is 1. The fraction of sp³-hybridized carbons (Fsp3) is 0.600. The number of hydrogen-bond donors (Lipinski definition) is 1. The van der Waals surface area contributed by atoms with Crippen molar-refractivity contribution in [2.24, 2.45) is 5.92 Å². The van der Waals surface area contributed by atoms with Gasteiger partial charge in [-0.1, -0.05) is 0 Å². The van der Waals surface area contributed by atoms with E-state index in [4.69, 9.17) is 5.73 Å². The summed E-state index contributed by atoms with van der Waals surface area (Å²) in [4.78, 5) is 9.53. The SMILES string of the molecule is Nc1cncnc1N1CCC(C(F)(F)F)CC1. The van der Waals surface area contributed by atoms with E-state index in [-0.39, 0.29) is 12.8 Å². The molecule has 2 rings (SSSR count). The van der Waals surface area contributed by atoms with Crippen LogP contribution in [0.2, 0.25) is 0 Å². The van der Waals surface area contributed by atoms with Gasteiger partial charge in [-0.15, -0.1) is 0 Å². The van der Waals surface area contributed by atoms with E-state index in [0.29, 0.717) is 24.6 Å². The van der Waals surface area contributed by atoms with Gasteiger partial charge in [-0.05, 0) is 12.8 Å². The van der Waals surface area contributed by atoms with Gasteiger partial charge >= 0.3 is 6.18 Å². The predicted octanol–water partition coefficient (Wildman–Crippen LogP) is 1.84. The largest absolute Gasteiger partial charge is 0.394 e. The Kier molecular flexibility index (Phi) is 3.08. The van der Waals surface area contributed by atoms with Gasteiger partial charge < -0.3 is 10.6 Å². The highest BCUT2D eigenvalue weighted by molar-refractivity contribution is 5.60. The van der Waals surface area contributed by atoms with Crippen molar-refractivity contribution in [3.8, 4) is 0 Å². The molecule has 0 aliphatic carbocycles. The van der Waals surface area contributed by atoms with Crippen molar-refractivity contribution in [2.75, 3.05) is 23.7 Å². The van der Waals surface area contributed by atoms with Gasteiger partial charge in [0.2, 0.25) is 0 Å². The molecule has 7 heteroatoms. The molecule has 94 valence electrons. The van der Waals surface area contributed by atoms with E-state index >= 15 is 0 Å². The first-order valence-electron chi connectivity index (χ1n) is 5.35. The maximum absolute atomic E-state index is 12.5. The van der Waals surface area contributed by atoms with Gasteiger partial charge in [0.1, 0.15) is 6.33 Å². The lowest BCUT2D eigenvalue weighted by atomic mass is 9.96. The zero-order chi connectivity index (χ0) is 12.5. The molecule has 1 aliphatic rings. The first-order valence-corrected chi connectivity index (χ1v) is 5.35. The quantitative estimate of drug-likeness (QED) is 0.821. The molecule has 0 radical (unpaired) electrons. The van der Waals surface area contributed by atoms with E-state index in [9.17, 15) is 13.2 Å². The summed E-state index contributed by atoms with van der Waals surface area (Å²) < 4.78 is 37.4. The molecule has 4 nitrogen and oxygen atoms in total. The van der Waals surface area contributed by atoms with Crippen LogP contribution < -0.4 is 10.6 Å². The number of halogens is 3. The molecule has 0 saturated carbocycles. The van der Waals surface area contributed by atoms with Crippen LogP contribution in [0, 0.1) is 5.92 Å². The van der Waals surface area contributed by atoms with Crippen LogP contribution in [-0.4, -0.2) is 29.2 Å². The summed E-state index contributed by atoms with van der Waals surface area (Å²) >= 11 is 0. The van der Waals surface area contributed by atoms with Crippen molar-refractivity contribution in [2.45, 2.75) is 19.0 Å². The number of hydrogen-bond acceptors (Lipinski definition) is 4. The monoisotopic (exact) mass is 246 g/mol. The fourth-order valence-electron chi connectivity index (χ4n) is 2.02. The molecule has 2 heterocycles. The van der Waals surface area contributed by atoms with Crippen molar-refractivity contribution >= 4 is 11.5 Å². The summed E-state index contributed by atoms with van der Waals surface area (Å²) in [6.07, 6.45) is -1.11. The van der Waals surface area contributed by atoms with Crippen LogP contribution in [0.4, 0.5) is 24.7 Å². The molecule has 0 aromatic carbocycles. The van der Waals surface area contributed by atoms with Gasteiger partial charge in [-0.3, -0.25) is 0 Å². The zero-order valence-corrected chi connectivity index (χ0v) is 9.11. The molecule has 0 unspecified atom stereocenters. The molecule has 1 aromatic rings. The van der Waals surface area contributed by atoms with Crippen LogP contribution in [0.25, 0.3) is 0 Å². The van der Waals surface area contributed by atoms with Gasteiger partial charge in [0.15, 0.2) is 5.82 Å². The second-order valence-corrected chi connectivity index (χ2v) is 4.10. The van der Waals surface area contributed by atoms with Crippen molar-refractivity contribution < 1.29 is 13.2 Å². The van der Waals surface area contributed by atoms with Crippen LogP contribution in [0.5, 0.6) is 0 Å². The van der Waals surface area contributed by atoms with Crippen molar-refractivity contribution in [3.63, 3.8) is 0 Å². The minimum Gasteiger partial charge on any atom is -0.394 e. The molecular weight excluding hydrogens is 233 g/mol. The highest BCUT2D eigenvalue weighted by atomic mass is 19.4. The summed E-state index contributed by atoms with van der Waals surface area (Å²) in [6, 6.07) is 0. The minimum absolute atomic E-state index is 0.0902. The molecule has 1 aliphatic heterocycles. The van der Waals surface area contributed by atoms with E-state index in [1.807, 2.05) is 0 Å². The second kappa shape index (κ2) is 4.38. The third-order valence-electron chi connectivity index (χ3n) is 2.98. The molecular formula is C10H13F3N4. The minimum atomic E-state index is -4.09. The van der Waals surface area contributed by atoms with E-state index < -0.39 is 12.1 Å².